The van der Waals surface area contributed by atoms with Crippen molar-refractivity contribution in [3.05, 3.63) is 117 Å². The molecule has 0 spiro atoms. The van der Waals surface area contributed by atoms with Crippen molar-refractivity contribution in [2.24, 2.45) is 52.9 Å². The molecule has 8 heterocycles. The summed E-state index contributed by atoms with van der Waals surface area (Å²) in [7, 11) is 1.51. The molecule has 37 heteroatoms. The van der Waals surface area contributed by atoms with Crippen molar-refractivity contribution in [1.29, 1.82) is 0 Å². The maximum Gasteiger partial charge on any atom is 0.321 e. The van der Waals surface area contributed by atoms with Crippen molar-refractivity contribution >= 4 is 76.1 Å². The summed E-state index contributed by atoms with van der Waals surface area (Å²) >= 11 is 14.9. The first kappa shape index (κ1) is 98.7. The summed E-state index contributed by atoms with van der Waals surface area (Å²) in [4.78, 5) is 142. The van der Waals surface area contributed by atoms with Crippen LogP contribution in [0.4, 0.5) is 4.79 Å². The third-order valence-corrected chi connectivity index (χ3v) is 28.3. The molecular weight excluding hydrogens is 1750 g/mol. The monoisotopic (exact) mass is 1880 g/mol. The van der Waals surface area contributed by atoms with E-state index in [1.807, 2.05) is 13.8 Å². The molecule has 13 unspecified atom stereocenters. The number of imide groups is 1. The highest BCUT2D eigenvalue weighted by atomic mass is 35.5. The molecule has 0 radical (unpaired) electrons. The molecule has 8 aliphatic heterocycles. The van der Waals surface area contributed by atoms with Gasteiger partial charge in [-0.15, -0.1) is 0 Å². The van der Waals surface area contributed by atoms with Crippen LogP contribution in [0.2, 0.25) is 10.0 Å². The van der Waals surface area contributed by atoms with Crippen LogP contribution in [0.25, 0.3) is 11.1 Å². The summed E-state index contributed by atoms with van der Waals surface area (Å²) in [5, 5.41) is 125. The number of unbranched alkanes of at least 4 members (excludes halogenated alkanes) is 5. The molecule has 17 rings (SSSR count). The molecule has 35 nitrogen and oxygen atoms in total. The maximum absolute atomic E-state index is 17.1. The summed E-state index contributed by atoms with van der Waals surface area (Å²) in [5.74, 6) is -15.7. The number of halogens is 2. The summed E-state index contributed by atoms with van der Waals surface area (Å²) in [6.07, 6.45) is -15.0. The van der Waals surface area contributed by atoms with E-state index in [0.717, 1.165) is 94.5 Å². The summed E-state index contributed by atoms with van der Waals surface area (Å²) < 4.78 is 53.1. The van der Waals surface area contributed by atoms with Gasteiger partial charge in [0.25, 0.3) is 0 Å². The Morgan fingerprint density at radius 3 is 1.86 bits per heavy atom. The minimum atomic E-state index is -2.27. The Labute approximate surface area is 774 Å². The van der Waals surface area contributed by atoms with Gasteiger partial charge in [0.2, 0.25) is 41.6 Å². The lowest BCUT2D eigenvalue weighted by Crippen LogP contribution is -2.64. The molecule has 20 N–H and O–H groups in total. The SMILES string of the molecule is CCCCCCCCNC(=O)NC(=O)C[C@@H]1CC(=O)[C@H](NC(=O)[C@@H](CC(C)C)NC)[C@H](O)c2ccc(c(Cl)c2)Oc2cc3cc(c2OC2OC(CO)C(O)C(O)C2OC2CC(C)(N)C(O)C(C)O2)Oc2ccc(cc2Cl)[C@@H](OC2CC(C)(N)C(O)C(C)O2)[C@@H]2NC(=O)[C@H](CC(=O)[C@@H]3NC1=O)c1ccc(O)c(c1)-c1c(O)cc(O)cc1[C@@H](C(=O)CC1C3CC4CC(C3)CC1C4)NC2=O. The first-order chi connectivity index (χ1) is 62.7. The van der Waals surface area contributed by atoms with Crippen LogP contribution in [0.5, 0.6) is 46.0 Å². The fraction of sp³-hybridized carbons (Fsp3) is 0.589. The molecule has 718 valence electrons. The smallest absolute Gasteiger partial charge is 0.321 e. The van der Waals surface area contributed by atoms with Crippen molar-refractivity contribution in [3.63, 3.8) is 0 Å². The van der Waals surface area contributed by atoms with Gasteiger partial charge in [0.1, 0.15) is 83.4 Å². The van der Waals surface area contributed by atoms with Crippen molar-refractivity contribution in [1.82, 2.24) is 37.2 Å². The number of phenolic OH excluding ortho intramolecular Hbond substituents is 3. The van der Waals surface area contributed by atoms with E-state index in [4.69, 9.17) is 72.6 Å². The number of ether oxygens (including phenoxy) is 8. The third kappa shape index (κ3) is 22.0. The fourth-order valence-electron chi connectivity index (χ4n) is 20.9. The van der Waals surface area contributed by atoms with Crippen molar-refractivity contribution in [2.45, 2.75) is 291 Å². The number of benzene rings is 5. The number of carbonyl (C=O) groups is 9. The van der Waals surface area contributed by atoms with E-state index in [0.29, 0.717) is 18.3 Å². The van der Waals surface area contributed by atoms with Gasteiger partial charge in [0.05, 0.1) is 58.9 Å². The molecule has 7 fully saturated rings. The Bertz CT molecular complexity index is 5090. The number of likely N-dealkylation sites (N-methyl/N-ethyl adjacent to an activating group) is 1. The van der Waals surface area contributed by atoms with Crippen molar-refractivity contribution in [2.75, 3.05) is 20.2 Å². The molecule has 7 amide bonds. The second-order valence-corrected chi connectivity index (χ2v) is 39.2. The van der Waals surface area contributed by atoms with Gasteiger partial charge >= 0.3 is 6.03 Å². The van der Waals surface area contributed by atoms with Crippen molar-refractivity contribution < 1.29 is 127 Å². The Morgan fingerprint density at radius 1 is 0.644 bits per heavy atom. The van der Waals surface area contributed by atoms with E-state index in [2.05, 4.69) is 44.1 Å². The predicted octanol–water partition coefficient (Wildman–Crippen LogP) is 7.97. The molecule has 0 aromatic heterocycles. The lowest BCUT2D eigenvalue weighted by Gasteiger charge is -2.54. The molecule has 12 aliphatic rings. The summed E-state index contributed by atoms with van der Waals surface area (Å²) in [6.45, 7) is 11.0. The van der Waals surface area contributed by atoms with Crippen LogP contribution in [-0.2, 0) is 62.0 Å². The number of nitrogens with two attached hydrogens (primary N) is 2. The maximum atomic E-state index is 17.1. The number of amides is 7. The van der Waals surface area contributed by atoms with Crippen LogP contribution in [-0.4, -0.2) is 216 Å². The minimum Gasteiger partial charge on any atom is -0.508 e. The van der Waals surface area contributed by atoms with Gasteiger partial charge in [-0.3, -0.25) is 43.7 Å². The Hall–Kier alpha value is -9.25. The van der Waals surface area contributed by atoms with E-state index in [1.54, 1.807) is 6.92 Å². The number of phenols is 3. The van der Waals surface area contributed by atoms with Crippen LogP contribution in [0.15, 0.2) is 78.9 Å². The van der Waals surface area contributed by atoms with Gasteiger partial charge in [-0.1, -0.05) is 94.3 Å². The number of Topliss-reactive ketones (excluding diaryl/α,β-unsaturated/α-hetero) is 3. The average molecular weight is 1880 g/mol. The van der Waals surface area contributed by atoms with Gasteiger partial charge in [-0.2, -0.15) is 0 Å². The quantitative estimate of drug-likeness (QED) is 0.0260. The normalized spacial score (nSPS) is 33.1. The lowest BCUT2D eigenvalue weighted by atomic mass is 9.51. The number of aromatic hydroxyl groups is 3. The van der Waals surface area contributed by atoms with E-state index in [1.165, 1.54) is 76.3 Å². The van der Waals surface area contributed by atoms with Gasteiger partial charge in [0.15, 0.2) is 47.5 Å². The first-order valence-electron chi connectivity index (χ1n) is 45.8. The zero-order valence-corrected chi connectivity index (χ0v) is 76.5. The van der Waals surface area contributed by atoms with Crippen LogP contribution in [0.1, 0.15) is 222 Å². The third-order valence-electron chi connectivity index (χ3n) is 27.7. The van der Waals surface area contributed by atoms with Gasteiger partial charge in [0, 0.05) is 73.3 Å². The van der Waals surface area contributed by atoms with Gasteiger partial charge in [-0.05, 0) is 198 Å². The molecule has 4 saturated carbocycles. The molecule has 3 saturated heterocycles. The number of nitrogens with one attached hydrogen (secondary N) is 7. The van der Waals surface area contributed by atoms with Gasteiger partial charge in [-0.25, -0.2) is 4.79 Å². The minimum absolute atomic E-state index is 0.0516. The first-order valence-corrected chi connectivity index (χ1v) is 46.5. The number of carbonyl (C=O) groups excluding carboxylic acids is 9. The highest BCUT2D eigenvalue weighted by Gasteiger charge is 2.54. The Kier molecular flexibility index (Phi) is 31.1. The van der Waals surface area contributed by atoms with Crippen LogP contribution in [0, 0.1) is 41.4 Å². The number of aliphatic hydroxyl groups excluding tert-OH is 6. The van der Waals surface area contributed by atoms with E-state index in [9.17, 15) is 60.3 Å². The zero-order valence-electron chi connectivity index (χ0n) is 75.0. The number of urea groups is 1. The topological polar surface area (TPSA) is 546 Å². The Morgan fingerprint density at radius 2 is 1.25 bits per heavy atom. The van der Waals surface area contributed by atoms with Gasteiger partial charge < -0.3 is 127 Å². The summed E-state index contributed by atoms with van der Waals surface area (Å²) in [6, 6.07) is 5.49. The van der Waals surface area contributed by atoms with E-state index in [-0.39, 0.29) is 111 Å². The molecule has 5 aromatic carbocycles. The predicted molar refractivity (Wildman–Crippen MR) is 477 cm³/mol. The van der Waals surface area contributed by atoms with Crippen LogP contribution < -0.4 is 62.9 Å². The largest absolute Gasteiger partial charge is 0.508 e. The molecule has 4 aliphatic carbocycles. The molecule has 22 atom stereocenters. The number of ketones is 3. The number of aliphatic hydroxyl groups is 6. The second kappa shape index (κ2) is 41.5. The molecule has 5 aromatic rings. The molecular formula is C95H123Cl2N9O26. The number of rotatable bonds is 24. The second-order valence-electron chi connectivity index (χ2n) is 38.4. The van der Waals surface area contributed by atoms with E-state index >= 15 is 28.8 Å². The standard InChI is InChI=1S/C95H123Cl2N9O26/c1-9-10-11-12-13-14-21-101-93(124)102-72(114)34-53-31-64(111)78(105-90(122)61(100-8)22-42(2)3)80(115)48-16-19-67(59(96)29-48)127-69-32-52-33-70(84(69)132-92-85(82(117)81(116)71(41-107)129-92)131-74-40-95(7,99)87(119)44(5)126-74)128-68-20-17-49(30-60(68)97)83(130-73-39-94(6,98)86(118)43(4)125-73)79-91(123)104-77(66(113)37-55-50-24-45-23-46(26-50)27-51(55)25-45)58-35-54(108)36-63(110)75(58)57-28-47(15-18-62(57)109)56(89(121)106-79)38-65(112)76(52)103-88(53)120/h15-20,28-30,32-33,35-36,42-46,50-51,53,55-56,61,71,73-74,76-83,85-87,92,100,107-110,115-119H,9-14,21-27,31,34,37-41,98-99H2,1-8H3,(H,103,120)(H,104,123)(H,105,122)(H,106,121)(H2,101,102,114,124)/t43?,44?,45?,46?,50?,51?,53-,55?,56+,61+,71?,73?,74?,76+,77-,78-,79-,80+,81?,82?,83+,85?,86?,87?,92?,94?,95?/m0/s1. The highest BCUT2D eigenvalue weighted by Crippen LogP contribution is 2.59. The van der Waals surface area contributed by atoms with Crippen LogP contribution in [0.3, 0.4) is 0 Å². The van der Waals surface area contributed by atoms with Crippen LogP contribution >= 0.6 is 23.2 Å². The number of hydrogen-bond donors (Lipinski definition) is 18. The number of hydrogen-bond acceptors (Lipinski definition) is 29. The summed E-state index contributed by atoms with van der Waals surface area (Å²) in [5.41, 5.74) is 9.05. The van der Waals surface area contributed by atoms with E-state index < -0.39 is 252 Å². The fourth-order valence-corrected chi connectivity index (χ4v) is 21.3. The number of fused-ring (bicyclic) bond motifs is 15. The lowest BCUT2D eigenvalue weighted by molar-refractivity contribution is -0.333. The zero-order chi connectivity index (χ0) is 95.0. The Balaban J connectivity index is 0.991. The molecule has 132 heavy (non-hydrogen) atoms. The molecule has 15 bridgehead atoms. The average Bonchev–Trinajstić information content (AvgIpc) is 0.749. The van der Waals surface area contributed by atoms with Crippen molar-refractivity contribution in [3.8, 4) is 57.1 Å². The highest BCUT2D eigenvalue weighted by molar-refractivity contribution is 6.32.